The molecule has 0 atom stereocenters. The molecule has 0 aromatic heterocycles. The molecule has 1 aromatic rings. The molecule has 0 saturated carbocycles. The van der Waals surface area contributed by atoms with E-state index >= 15 is 0 Å². The maximum absolute atomic E-state index is 5.80. The Labute approximate surface area is 117 Å². The van der Waals surface area contributed by atoms with Crippen LogP contribution in [0.4, 0.5) is 5.69 Å². The molecule has 19 heavy (non-hydrogen) atoms. The Hall–Kier alpha value is -1.06. The van der Waals surface area contributed by atoms with Crippen LogP contribution in [0.5, 0.6) is 0 Å². The molecule has 1 heterocycles. The van der Waals surface area contributed by atoms with Gasteiger partial charge in [-0.2, -0.15) is 0 Å². The fourth-order valence-corrected chi connectivity index (χ4v) is 2.69. The molecule has 3 heteroatoms. The van der Waals surface area contributed by atoms with E-state index < -0.39 is 0 Å². The molecule has 0 amide bonds. The normalized spacial score (nSPS) is 18.1. The highest BCUT2D eigenvalue weighted by Gasteiger charge is 2.17. The van der Waals surface area contributed by atoms with Crippen molar-refractivity contribution in [3.63, 3.8) is 0 Å². The quantitative estimate of drug-likeness (QED) is 0.843. The zero-order chi connectivity index (χ0) is 13.8. The number of hydrogen-bond acceptors (Lipinski definition) is 3. The van der Waals surface area contributed by atoms with Crippen molar-refractivity contribution < 1.29 is 0 Å². The third kappa shape index (κ3) is 4.22. The van der Waals surface area contributed by atoms with Gasteiger partial charge < -0.3 is 10.6 Å². The van der Waals surface area contributed by atoms with Crippen LogP contribution in [0.3, 0.4) is 0 Å². The van der Waals surface area contributed by atoms with Crippen LogP contribution in [0.2, 0.25) is 0 Å². The van der Waals surface area contributed by atoms with Crippen LogP contribution in [-0.4, -0.2) is 42.5 Å². The molecular weight excluding hydrogens is 234 g/mol. The number of hydrogen-bond donors (Lipinski definition) is 1. The summed E-state index contributed by atoms with van der Waals surface area (Å²) in [4.78, 5) is 5.09. The van der Waals surface area contributed by atoms with Crippen LogP contribution >= 0.6 is 0 Å². The highest BCUT2D eigenvalue weighted by molar-refractivity contribution is 5.44. The van der Waals surface area contributed by atoms with Crippen molar-refractivity contribution in [1.82, 2.24) is 9.80 Å². The molecule has 0 aliphatic carbocycles. The summed E-state index contributed by atoms with van der Waals surface area (Å²) in [6, 6.07) is 6.25. The number of nitrogen functional groups attached to an aromatic ring is 1. The third-order valence-corrected chi connectivity index (χ3v) is 3.77. The summed E-state index contributed by atoms with van der Waals surface area (Å²) < 4.78 is 0. The summed E-state index contributed by atoms with van der Waals surface area (Å²) in [6.45, 7) is 13.5. The van der Waals surface area contributed by atoms with Crippen LogP contribution in [0, 0.1) is 12.8 Å². The van der Waals surface area contributed by atoms with E-state index in [-0.39, 0.29) is 0 Å². The van der Waals surface area contributed by atoms with Gasteiger partial charge in [-0.25, -0.2) is 0 Å². The number of aryl methyl sites for hydroxylation is 1. The Morgan fingerprint density at radius 2 is 1.74 bits per heavy atom. The molecule has 1 aromatic carbocycles. The molecule has 0 bridgehead atoms. The Balaban J connectivity index is 1.85. The van der Waals surface area contributed by atoms with Gasteiger partial charge in [0, 0.05) is 45.0 Å². The predicted molar refractivity (Wildman–Crippen MR) is 81.9 cm³/mol. The second-order valence-corrected chi connectivity index (χ2v) is 5.95. The summed E-state index contributed by atoms with van der Waals surface area (Å²) in [5.41, 5.74) is 9.37. The van der Waals surface area contributed by atoms with Gasteiger partial charge in [0.1, 0.15) is 0 Å². The number of nitrogens with two attached hydrogens (primary N) is 1. The first kappa shape index (κ1) is 14.4. The molecule has 105 valence electrons. The molecule has 1 aliphatic rings. The Morgan fingerprint density at radius 1 is 1.11 bits per heavy atom. The molecule has 2 N–H and O–H groups in total. The standard InChI is InChI=1S/C16H26N3/c1-13(2)11-18-6-8-19(9-7-18)12-15-4-5-16(17)10-14(15)3/h4-5,10H,6-9,11-12,17H2,1-3H3. The first-order valence-electron chi connectivity index (χ1n) is 7.13. The van der Waals surface area contributed by atoms with E-state index in [1.54, 1.807) is 0 Å². The molecule has 1 fully saturated rings. The van der Waals surface area contributed by atoms with E-state index in [4.69, 9.17) is 5.73 Å². The first-order valence-corrected chi connectivity index (χ1v) is 7.13. The molecule has 2 rings (SSSR count). The third-order valence-electron chi connectivity index (χ3n) is 3.77. The van der Waals surface area contributed by atoms with E-state index in [1.165, 1.54) is 30.1 Å². The minimum absolute atomic E-state index is 0.861. The lowest BCUT2D eigenvalue weighted by Gasteiger charge is -2.35. The molecule has 1 radical (unpaired) electrons. The monoisotopic (exact) mass is 260 g/mol. The molecule has 1 saturated heterocycles. The summed E-state index contributed by atoms with van der Waals surface area (Å²) in [5.74, 6) is 1.50. The van der Waals surface area contributed by atoms with Gasteiger partial charge in [-0.05, 0) is 36.1 Å². The van der Waals surface area contributed by atoms with Crippen molar-refractivity contribution in [1.29, 1.82) is 0 Å². The van der Waals surface area contributed by atoms with Gasteiger partial charge in [-0.1, -0.05) is 19.9 Å². The van der Waals surface area contributed by atoms with E-state index in [1.807, 2.05) is 6.07 Å². The summed E-state index contributed by atoms with van der Waals surface area (Å²) in [6.07, 6.45) is 0. The zero-order valence-electron chi connectivity index (χ0n) is 12.4. The van der Waals surface area contributed by atoms with E-state index in [2.05, 4.69) is 42.7 Å². The first-order chi connectivity index (χ1) is 9.04. The second-order valence-electron chi connectivity index (χ2n) is 5.95. The maximum atomic E-state index is 5.80. The number of piperazine rings is 1. The lowest BCUT2D eigenvalue weighted by molar-refractivity contribution is 0.131. The smallest absolute Gasteiger partial charge is 0.0316 e. The van der Waals surface area contributed by atoms with Gasteiger partial charge in [0.25, 0.3) is 0 Å². The summed E-state index contributed by atoms with van der Waals surface area (Å²) in [5, 5.41) is 0. The van der Waals surface area contributed by atoms with Gasteiger partial charge in [-0.3, -0.25) is 4.90 Å². The average Bonchev–Trinajstić information content (AvgIpc) is 2.34. The molecule has 0 unspecified atom stereocenters. The fourth-order valence-electron chi connectivity index (χ4n) is 2.69. The van der Waals surface area contributed by atoms with E-state index in [9.17, 15) is 0 Å². The highest BCUT2D eigenvalue weighted by Crippen LogP contribution is 2.16. The lowest BCUT2D eigenvalue weighted by Crippen LogP contribution is -2.46. The van der Waals surface area contributed by atoms with Crippen molar-refractivity contribution in [3.8, 4) is 0 Å². The zero-order valence-corrected chi connectivity index (χ0v) is 12.4. The summed E-state index contributed by atoms with van der Waals surface area (Å²) >= 11 is 0. The number of benzene rings is 1. The Bertz CT molecular complexity index is 406. The number of nitrogens with zero attached hydrogens (tertiary/aromatic N) is 2. The molecule has 1 aliphatic heterocycles. The topological polar surface area (TPSA) is 32.5 Å². The van der Waals surface area contributed by atoms with Crippen LogP contribution in [0.25, 0.3) is 0 Å². The van der Waals surface area contributed by atoms with Gasteiger partial charge in [0.05, 0.1) is 0 Å². The SMILES string of the molecule is C[C](C)CN1CCN(Cc2ccc(N)cc2C)CC1. The van der Waals surface area contributed by atoms with Gasteiger partial charge in [0.15, 0.2) is 0 Å². The molecular formula is C16H26N3. The minimum Gasteiger partial charge on any atom is -0.399 e. The van der Waals surface area contributed by atoms with E-state index in [0.717, 1.165) is 31.9 Å². The largest absolute Gasteiger partial charge is 0.399 e. The fraction of sp³-hybridized carbons (Fsp3) is 0.562. The maximum Gasteiger partial charge on any atom is 0.0316 e. The van der Waals surface area contributed by atoms with Crippen molar-refractivity contribution in [2.45, 2.75) is 27.3 Å². The minimum atomic E-state index is 0.861. The molecule has 3 nitrogen and oxygen atoms in total. The number of rotatable bonds is 4. The summed E-state index contributed by atoms with van der Waals surface area (Å²) in [7, 11) is 0. The average molecular weight is 260 g/mol. The van der Waals surface area contributed by atoms with E-state index in [0.29, 0.717) is 0 Å². The predicted octanol–water partition coefficient (Wildman–Crippen LogP) is 2.31. The molecule has 0 spiro atoms. The van der Waals surface area contributed by atoms with Crippen molar-refractivity contribution in [3.05, 3.63) is 35.2 Å². The van der Waals surface area contributed by atoms with Crippen LogP contribution in [0.15, 0.2) is 18.2 Å². The Kier molecular flexibility index (Phi) is 4.83. The van der Waals surface area contributed by atoms with Crippen molar-refractivity contribution >= 4 is 5.69 Å². The van der Waals surface area contributed by atoms with Crippen LogP contribution < -0.4 is 5.73 Å². The van der Waals surface area contributed by atoms with Gasteiger partial charge >= 0.3 is 0 Å². The lowest BCUT2D eigenvalue weighted by atomic mass is 10.1. The van der Waals surface area contributed by atoms with Gasteiger partial charge in [0.2, 0.25) is 0 Å². The number of anilines is 1. The van der Waals surface area contributed by atoms with Crippen LogP contribution in [0.1, 0.15) is 25.0 Å². The highest BCUT2D eigenvalue weighted by atomic mass is 15.3. The van der Waals surface area contributed by atoms with Crippen LogP contribution in [-0.2, 0) is 6.54 Å². The second kappa shape index (κ2) is 6.40. The Morgan fingerprint density at radius 3 is 2.32 bits per heavy atom. The van der Waals surface area contributed by atoms with Gasteiger partial charge in [-0.15, -0.1) is 0 Å². The van der Waals surface area contributed by atoms with Crippen molar-refractivity contribution in [2.75, 3.05) is 38.5 Å². The van der Waals surface area contributed by atoms with Crippen molar-refractivity contribution in [2.24, 2.45) is 0 Å².